The first-order chi connectivity index (χ1) is 9.61. The minimum absolute atomic E-state index is 0.174. The molecule has 1 unspecified atom stereocenters. The summed E-state index contributed by atoms with van der Waals surface area (Å²) in [6, 6.07) is 6.24. The van der Waals surface area contributed by atoms with E-state index in [0.29, 0.717) is 17.6 Å². The zero-order valence-electron chi connectivity index (χ0n) is 12.3. The van der Waals surface area contributed by atoms with Crippen LogP contribution in [0.3, 0.4) is 0 Å². The van der Waals surface area contributed by atoms with Crippen LogP contribution in [0.2, 0.25) is 5.02 Å². The summed E-state index contributed by atoms with van der Waals surface area (Å²) >= 11 is 6.17. The molecule has 0 bridgehead atoms. The van der Waals surface area contributed by atoms with Crippen LogP contribution in [-0.2, 0) is 4.79 Å². The first-order valence-electron chi connectivity index (χ1n) is 7.41. The molecular weight excluding hydrogens is 272 g/mol. The molecule has 110 valence electrons. The summed E-state index contributed by atoms with van der Waals surface area (Å²) in [5.74, 6) is 0.174. The Kier molecular flexibility index (Phi) is 5.30. The summed E-state index contributed by atoms with van der Waals surface area (Å²) < 4.78 is 0. The maximum absolute atomic E-state index is 12.3. The molecule has 0 spiro atoms. The Hall–Kier alpha value is -1.22. The number of hydrogen-bond donors (Lipinski definition) is 1. The molecule has 1 N–H and O–H groups in total. The topological polar surface area (TPSA) is 32.3 Å². The zero-order valence-corrected chi connectivity index (χ0v) is 13.0. The molecule has 0 radical (unpaired) electrons. The fourth-order valence-electron chi connectivity index (χ4n) is 2.79. The van der Waals surface area contributed by atoms with Crippen LogP contribution >= 0.6 is 11.6 Å². The van der Waals surface area contributed by atoms with Crippen LogP contribution in [0, 0.1) is 6.92 Å². The fourth-order valence-corrected chi connectivity index (χ4v) is 3.09. The Bertz CT molecular complexity index is 476. The number of carbonyl (C=O) groups is 1. The van der Waals surface area contributed by atoms with Crippen LogP contribution in [0.1, 0.15) is 38.2 Å². The van der Waals surface area contributed by atoms with Gasteiger partial charge in [0.25, 0.3) is 0 Å². The quantitative estimate of drug-likeness (QED) is 0.915. The van der Waals surface area contributed by atoms with Crippen molar-refractivity contribution in [1.29, 1.82) is 0 Å². The van der Waals surface area contributed by atoms with E-state index in [4.69, 9.17) is 11.6 Å². The largest absolute Gasteiger partial charge is 0.375 e. The van der Waals surface area contributed by atoms with Crippen LogP contribution in [0.25, 0.3) is 0 Å². The number of benzene rings is 1. The van der Waals surface area contributed by atoms with Crippen molar-refractivity contribution in [2.24, 2.45) is 0 Å². The van der Waals surface area contributed by atoms with Gasteiger partial charge >= 0.3 is 0 Å². The molecule has 0 aromatic heterocycles. The molecule has 1 amide bonds. The van der Waals surface area contributed by atoms with E-state index in [9.17, 15) is 4.79 Å². The fraction of sp³-hybridized carbons (Fsp3) is 0.562. The van der Waals surface area contributed by atoms with Crippen LogP contribution in [0.15, 0.2) is 18.2 Å². The van der Waals surface area contributed by atoms with Gasteiger partial charge in [-0.3, -0.25) is 4.79 Å². The first kappa shape index (κ1) is 15.2. The van der Waals surface area contributed by atoms with Crippen LogP contribution in [-0.4, -0.2) is 29.9 Å². The van der Waals surface area contributed by atoms with Crippen molar-refractivity contribution in [1.82, 2.24) is 4.90 Å². The maximum Gasteiger partial charge on any atom is 0.242 e. The number of amides is 1. The molecule has 1 saturated heterocycles. The van der Waals surface area contributed by atoms with Gasteiger partial charge in [-0.25, -0.2) is 0 Å². The lowest BCUT2D eigenvalue weighted by atomic mass is 10.00. The Labute approximate surface area is 126 Å². The number of halogens is 1. The number of nitrogens with zero attached hydrogens (tertiary/aromatic N) is 1. The molecule has 1 aliphatic heterocycles. The summed E-state index contributed by atoms with van der Waals surface area (Å²) in [5, 5.41) is 3.83. The summed E-state index contributed by atoms with van der Waals surface area (Å²) in [7, 11) is 0. The highest BCUT2D eigenvalue weighted by Crippen LogP contribution is 2.23. The average molecular weight is 295 g/mol. The van der Waals surface area contributed by atoms with Crippen molar-refractivity contribution in [3.8, 4) is 0 Å². The summed E-state index contributed by atoms with van der Waals surface area (Å²) in [4.78, 5) is 14.4. The van der Waals surface area contributed by atoms with Gasteiger partial charge in [0.2, 0.25) is 5.91 Å². The molecule has 1 atom stereocenters. The van der Waals surface area contributed by atoms with E-state index < -0.39 is 0 Å². The van der Waals surface area contributed by atoms with Crippen molar-refractivity contribution in [3.63, 3.8) is 0 Å². The van der Waals surface area contributed by atoms with Crippen molar-refractivity contribution in [2.75, 3.05) is 18.4 Å². The maximum atomic E-state index is 12.3. The Balaban J connectivity index is 1.94. The number of nitrogens with one attached hydrogen (secondary N) is 1. The minimum atomic E-state index is 0.174. The minimum Gasteiger partial charge on any atom is -0.375 e. The second kappa shape index (κ2) is 6.98. The molecule has 20 heavy (non-hydrogen) atoms. The second-order valence-electron chi connectivity index (χ2n) is 5.48. The predicted molar refractivity (Wildman–Crippen MR) is 84.3 cm³/mol. The lowest BCUT2D eigenvalue weighted by molar-refractivity contribution is -0.133. The monoisotopic (exact) mass is 294 g/mol. The molecule has 3 nitrogen and oxygen atoms in total. The molecule has 1 fully saturated rings. The van der Waals surface area contributed by atoms with Gasteiger partial charge in [-0.2, -0.15) is 0 Å². The van der Waals surface area contributed by atoms with Crippen molar-refractivity contribution >= 4 is 23.2 Å². The molecule has 2 rings (SSSR count). The number of carbonyl (C=O) groups excluding carboxylic acids is 1. The third-order valence-electron chi connectivity index (χ3n) is 3.97. The van der Waals surface area contributed by atoms with E-state index in [1.54, 1.807) is 0 Å². The van der Waals surface area contributed by atoms with Gasteiger partial charge in [-0.05, 0) is 50.3 Å². The van der Waals surface area contributed by atoms with Crippen molar-refractivity contribution < 1.29 is 4.79 Å². The first-order valence-corrected chi connectivity index (χ1v) is 7.79. The van der Waals surface area contributed by atoms with Gasteiger partial charge in [0.1, 0.15) is 0 Å². The van der Waals surface area contributed by atoms with Crippen LogP contribution in [0.4, 0.5) is 5.69 Å². The lowest BCUT2D eigenvalue weighted by Gasteiger charge is -2.35. The second-order valence-corrected chi connectivity index (χ2v) is 5.89. The number of piperidine rings is 1. The molecule has 1 aliphatic rings. The van der Waals surface area contributed by atoms with Gasteiger partial charge in [0, 0.05) is 12.6 Å². The van der Waals surface area contributed by atoms with Crippen LogP contribution < -0.4 is 5.32 Å². The highest BCUT2D eigenvalue weighted by molar-refractivity contribution is 6.33. The van der Waals surface area contributed by atoms with Gasteiger partial charge < -0.3 is 10.2 Å². The molecule has 1 aromatic carbocycles. The number of anilines is 1. The van der Waals surface area contributed by atoms with Gasteiger partial charge in [-0.1, -0.05) is 24.6 Å². The highest BCUT2D eigenvalue weighted by Gasteiger charge is 2.24. The zero-order chi connectivity index (χ0) is 14.5. The normalized spacial score (nSPS) is 18.9. The van der Waals surface area contributed by atoms with E-state index in [1.165, 1.54) is 6.42 Å². The van der Waals surface area contributed by atoms with Crippen LogP contribution in [0.5, 0.6) is 0 Å². The van der Waals surface area contributed by atoms with Gasteiger partial charge in [0.05, 0.1) is 17.3 Å². The number of rotatable bonds is 4. The molecule has 1 aromatic rings. The van der Waals surface area contributed by atoms with E-state index in [2.05, 4.69) is 12.2 Å². The molecule has 1 heterocycles. The SMILES string of the molecule is CCC1CCCCN1C(=O)CNc1ccc(C)cc1Cl. The summed E-state index contributed by atoms with van der Waals surface area (Å²) in [6.45, 7) is 5.36. The highest BCUT2D eigenvalue weighted by atomic mass is 35.5. The smallest absolute Gasteiger partial charge is 0.242 e. The summed E-state index contributed by atoms with van der Waals surface area (Å²) in [5.41, 5.74) is 1.95. The predicted octanol–water partition coefficient (Wildman–Crippen LogP) is 3.85. The van der Waals surface area contributed by atoms with Gasteiger partial charge in [0.15, 0.2) is 0 Å². The number of aryl methyl sites for hydroxylation is 1. The molecule has 4 heteroatoms. The Morgan fingerprint density at radius 3 is 2.95 bits per heavy atom. The van der Waals surface area contributed by atoms with Crippen molar-refractivity contribution in [2.45, 2.75) is 45.6 Å². The molecule has 0 aliphatic carbocycles. The third-order valence-corrected chi connectivity index (χ3v) is 4.29. The standard InChI is InChI=1S/C16H23ClN2O/c1-3-13-6-4-5-9-19(13)16(20)11-18-15-8-7-12(2)10-14(15)17/h7-8,10,13,18H,3-6,9,11H2,1-2H3. The third kappa shape index (κ3) is 3.66. The van der Waals surface area contributed by atoms with E-state index >= 15 is 0 Å². The molecular formula is C16H23ClN2O. The average Bonchev–Trinajstić information content (AvgIpc) is 2.46. The number of likely N-dealkylation sites (tertiary alicyclic amines) is 1. The lowest BCUT2D eigenvalue weighted by Crippen LogP contribution is -2.45. The molecule has 0 saturated carbocycles. The van der Waals surface area contributed by atoms with Gasteiger partial charge in [-0.15, -0.1) is 0 Å². The Morgan fingerprint density at radius 1 is 1.45 bits per heavy atom. The van der Waals surface area contributed by atoms with Crippen molar-refractivity contribution in [3.05, 3.63) is 28.8 Å². The van der Waals surface area contributed by atoms with E-state index in [-0.39, 0.29) is 5.91 Å². The summed E-state index contributed by atoms with van der Waals surface area (Å²) in [6.07, 6.45) is 4.53. The van der Waals surface area contributed by atoms with E-state index in [0.717, 1.165) is 37.1 Å². The number of hydrogen-bond acceptors (Lipinski definition) is 2. The Morgan fingerprint density at radius 2 is 2.25 bits per heavy atom. The van der Waals surface area contributed by atoms with E-state index in [1.807, 2.05) is 30.0 Å².